The zero-order chi connectivity index (χ0) is 19.1. The van der Waals surface area contributed by atoms with Gasteiger partial charge in [0.15, 0.2) is 5.82 Å². The molecule has 0 aliphatic carbocycles. The Hall–Kier alpha value is -2.34. The number of phenols is 1. The molecule has 1 atom stereocenters. The molecule has 1 fully saturated rings. The van der Waals surface area contributed by atoms with Gasteiger partial charge in [-0.2, -0.15) is 0 Å². The first-order valence-corrected chi connectivity index (χ1v) is 9.78. The second-order valence-electron chi connectivity index (χ2n) is 8.09. The Balaban J connectivity index is 1.73. The molecule has 4 rings (SSSR count). The highest BCUT2D eigenvalue weighted by molar-refractivity contribution is 5.78. The van der Waals surface area contributed by atoms with E-state index in [-0.39, 0.29) is 5.75 Å². The Kier molecular flexibility index (Phi) is 4.68. The molecule has 144 valence electrons. The first-order valence-electron chi connectivity index (χ1n) is 9.78. The summed E-state index contributed by atoms with van der Waals surface area (Å²) in [7, 11) is 4.30. The summed E-state index contributed by atoms with van der Waals surface area (Å²) >= 11 is 0. The fourth-order valence-corrected chi connectivity index (χ4v) is 4.49. The minimum atomic E-state index is 0.269. The number of piperidine rings is 1. The lowest BCUT2D eigenvalue weighted by atomic mass is 10.00. The number of hydrogen-bond donors (Lipinski definition) is 1. The van der Waals surface area contributed by atoms with Gasteiger partial charge in [0.1, 0.15) is 5.75 Å². The summed E-state index contributed by atoms with van der Waals surface area (Å²) in [5.41, 5.74) is 4.67. The molecule has 0 radical (unpaired) electrons. The third-order valence-electron chi connectivity index (χ3n) is 5.87. The fraction of sp³-hybridized carbons (Fsp3) is 0.524. The minimum absolute atomic E-state index is 0.269. The van der Waals surface area contributed by atoms with Gasteiger partial charge in [-0.15, -0.1) is 10.2 Å². The van der Waals surface area contributed by atoms with Crippen molar-refractivity contribution in [2.45, 2.75) is 32.7 Å². The van der Waals surface area contributed by atoms with Crippen molar-refractivity contribution in [2.75, 3.05) is 50.1 Å². The first-order chi connectivity index (χ1) is 12.9. The molecule has 1 aromatic carbocycles. The lowest BCUT2D eigenvalue weighted by Gasteiger charge is -2.43. The second kappa shape index (κ2) is 7.00. The third kappa shape index (κ3) is 3.34. The molecule has 0 bridgehead atoms. The van der Waals surface area contributed by atoms with E-state index in [1.54, 1.807) is 6.07 Å². The van der Waals surface area contributed by atoms with Crippen LogP contribution in [0.5, 0.6) is 5.75 Å². The van der Waals surface area contributed by atoms with Crippen LogP contribution < -0.4 is 9.80 Å². The molecule has 0 unspecified atom stereocenters. The SMILES string of the molecule is Cc1cc(C)c(-c2cc3c(nn2)N([C@@H]2CCCN(C)C2)CCN3C)c(O)c1. The van der Waals surface area contributed by atoms with Crippen LogP contribution in [0.25, 0.3) is 11.3 Å². The average molecular weight is 367 g/mol. The van der Waals surface area contributed by atoms with Crippen LogP contribution in [0.4, 0.5) is 11.5 Å². The highest BCUT2D eigenvalue weighted by atomic mass is 16.3. The molecule has 0 saturated carbocycles. The molecule has 3 heterocycles. The maximum absolute atomic E-state index is 10.5. The van der Waals surface area contributed by atoms with E-state index in [9.17, 15) is 5.11 Å². The van der Waals surface area contributed by atoms with Gasteiger partial charge in [0.25, 0.3) is 0 Å². The predicted molar refractivity (Wildman–Crippen MR) is 110 cm³/mol. The first kappa shape index (κ1) is 18.0. The number of benzene rings is 1. The molecule has 1 N–H and O–H groups in total. The van der Waals surface area contributed by atoms with Crippen LogP contribution in [0, 0.1) is 13.8 Å². The molecule has 27 heavy (non-hydrogen) atoms. The van der Waals surface area contributed by atoms with E-state index < -0.39 is 0 Å². The van der Waals surface area contributed by atoms with Gasteiger partial charge in [0.2, 0.25) is 0 Å². The van der Waals surface area contributed by atoms with Crippen LogP contribution >= 0.6 is 0 Å². The minimum Gasteiger partial charge on any atom is -0.507 e. The highest BCUT2D eigenvalue weighted by Crippen LogP contribution is 2.38. The normalized spacial score (nSPS) is 20.7. The number of rotatable bonds is 2. The van der Waals surface area contributed by atoms with Crippen molar-refractivity contribution in [2.24, 2.45) is 0 Å². The summed E-state index contributed by atoms with van der Waals surface area (Å²) in [5.74, 6) is 1.24. The van der Waals surface area contributed by atoms with Gasteiger partial charge in [-0.3, -0.25) is 0 Å². The third-order valence-corrected chi connectivity index (χ3v) is 5.87. The number of aryl methyl sites for hydroxylation is 2. The second-order valence-corrected chi connectivity index (χ2v) is 8.09. The molecule has 1 aromatic heterocycles. The number of hydrogen-bond acceptors (Lipinski definition) is 6. The Labute approximate surface area is 161 Å². The molecule has 6 nitrogen and oxygen atoms in total. The van der Waals surface area contributed by atoms with Gasteiger partial charge in [0, 0.05) is 38.3 Å². The van der Waals surface area contributed by atoms with Crippen molar-refractivity contribution in [3.05, 3.63) is 29.3 Å². The van der Waals surface area contributed by atoms with Crippen LogP contribution in [0.15, 0.2) is 18.2 Å². The van der Waals surface area contributed by atoms with Crippen LogP contribution in [0.3, 0.4) is 0 Å². The summed E-state index contributed by atoms with van der Waals surface area (Å²) in [6, 6.07) is 6.44. The largest absolute Gasteiger partial charge is 0.507 e. The molecular formula is C21H29N5O. The quantitative estimate of drug-likeness (QED) is 0.881. The van der Waals surface area contributed by atoms with Crippen LogP contribution in [-0.4, -0.2) is 66.5 Å². The van der Waals surface area contributed by atoms with E-state index >= 15 is 0 Å². The van der Waals surface area contributed by atoms with Gasteiger partial charge in [-0.1, -0.05) is 6.07 Å². The number of likely N-dealkylation sites (tertiary alicyclic amines) is 1. The average Bonchev–Trinajstić information content (AvgIpc) is 2.61. The molecule has 1 saturated heterocycles. The number of anilines is 2. The van der Waals surface area contributed by atoms with E-state index in [2.05, 4.69) is 51.1 Å². The van der Waals surface area contributed by atoms with E-state index in [4.69, 9.17) is 0 Å². The Morgan fingerprint density at radius 1 is 1.04 bits per heavy atom. The summed E-state index contributed by atoms with van der Waals surface area (Å²) < 4.78 is 0. The lowest BCUT2D eigenvalue weighted by molar-refractivity contribution is 0.243. The summed E-state index contributed by atoms with van der Waals surface area (Å²) in [6.07, 6.45) is 2.43. The van der Waals surface area contributed by atoms with Crippen molar-refractivity contribution in [1.29, 1.82) is 0 Å². The van der Waals surface area contributed by atoms with Gasteiger partial charge in [-0.05, 0) is 63.5 Å². The van der Waals surface area contributed by atoms with Crippen LogP contribution in [0.2, 0.25) is 0 Å². The topological polar surface area (TPSA) is 55.7 Å². The van der Waals surface area contributed by atoms with Crippen molar-refractivity contribution in [3.63, 3.8) is 0 Å². The zero-order valence-electron chi connectivity index (χ0n) is 16.7. The summed E-state index contributed by atoms with van der Waals surface area (Å²) in [5, 5.41) is 19.6. The number of aromatic nitrogens is 2. The summed E-state index contributed by atoms with van der Waals surface area (Å²) in [6.45, 7) is 8.19. The maximum atomic E-state index is 10.5. The highest BCUT2D eigenvalue weighted by Gasteiger charge is 2.31. The van der Waals surface area contributed by atoms with Gasteiger partial charge in [0.05, 0.1) is 11.4 Å². The number of phenolic OH excluding ortho intramolecular Hbond substituents is 1. The van der Waals surface area contributed by atoms with E-state index in [0.29, 0.717) is 6.04 Å². The van der Waals surface area contributed by atoms with E-state index in [1.807, 2.05) is 13.8 Å². The van der Waals surface area contributed by atoms with Gasteiger partial charge >= 0.3 is 0 Å². The monoisotopic (exact) mass is 367 g/mol. The Morgan fingerprint density at radius 3 is 2.59 bits per heavy atom. The van der Waals surface area contributed by atoms with Crippen molar-refractivity contribution < 1.29 is 5.11 Å². The molecular weight excluding hydrogens is 338 g/mol. The van der Waals surface area contributed by atoms with Crippen molar-refractivity contribution in [3.8, 4) is 17.0 Å². The Morgan fingerprint density at radius 2 is 1.85 bits per heavy atom. The predicted octanol–water partition coefficient (Wildman–Crippen LogP) is 2.82. The molecule has 0 spiro atoms. The fourth-order valence-electron chi connectivity index (χ4n) is 4.49. The van der Waals surface area contributed by atoms with Crippen LogP contribution in [-0.2, 0) is 0 Å². The lowest BCUT2D eigenvalue weighted by Crippen LogP contribution is -2.51. The van der Waals surface area contributed by atoms with Crippen LogP contribution in [0.1, 0.15) is 24.0 Å². The molecule has 2 aromatic rings. The van der Waals surface area contributed by atoms with Gasteiger partial charge < -0.3 is 19.8 Å². The van der Waals surface area contributed by atoms with Gasteiger partial charge in [-0.25, -0.2) is 0 Å². The number of likely N-dealkylation sites (N-methyl/N-ethyl adjacent to an activating group) is 2. The summed E-state index contributed by atoms with van der Waals surface area (Å²) in [4.78, 5) is 7.09. The number of fused-ring (bicyclic) bond motifs is 1. The molecule has 0 amide bonds. The number of aromatic hydroxyl groups is 1. The molecule has 2 aliphatic rings. The zero-order valence-corrected chi connectivity index (χ0v) is 16.7. The maximum Gasteiger partial charge on any atom is 0.175 e. The van der Waals surface area contributed by atoms with E-state index in [1.165, 1.54) is 19.4 Å². The standard InChI is InChI=1S/C21H29N5O/c1-14-10-15(2)20(19(27)11-14)17-12-18-21(23-22-17)26(9-8-25(18)4)16-6-5-7-24(3)13-16/h10-12,16,27H,5-9,13H2,1-4H3/t16-/m1/s1. The van der Waals surface area contributed by atoms with Crippen molar-refractivity contribution >= 4 is 11.5 Å². The molecule has 6 heteroatoms. The smallest absolute Gasteiger partial charge is 0.175 e. The van der Waals surface area contributed by atoms with E-state index in [0.717, 1.165) is 53.5 Å². The van der Waals surface area contributed by atoms with Crippen molar-refractivity contribution in [1.82, 2.24) is 15.1 Å². The Bertz CT molecular complexity index is 829. The number of nitrogens with zero attached hydrogens (tertiary/aromatic N) is 5. The molecule has 2 aliphatic heterocycles.